The van der Waals surface area contributed by atoms with Crippen LogP contribution < -0.4 is 5.32 Å². The molecule has 0 unspecified atom stereocenters. The molecule has 0 aliphatic heterocycles. The van der Waals surface area contributed by atoms with Gasteiger partial charge in [-0.15, -0.1) is 0 Å². The predicted octanol–water partition coefficient (Wildman–Crippen LogP) is 3.92. The third-order valence-corrected chi connectivity index (χ3v) is 3.38. The maximum atomic E-state index is 14.2. The fraction of sp³-hybridized carbons (Fsp3) is 0.467. The Bertz CT molecular complexity index is 560. The molecule has 1 aromatic carbocycles. The molecule has 0 aromatic heterocycles. The van der Waals surface area contributed by atoms with Gasteiger partial charge in [0.25, 0.3) is 5.91 Å². The van der Waals surface area contributed by atoms with E-state index < -0.39 is 22.7 Å². The zero-order chi connectivity index (χ0) is 15.7. The van der Waals surface area contributed by atoms with Gasteiger partial charge in [0.15, 0.2) is 0 Å². The van der Waals surface area contributed by atoms with Crippen molar-refractivity contribution < 1.29 is 9.18 Å². The lowest BCUT2D eigenvalue weighted by molar-refractivity contribution is 0.0914. The first kappa shape index (κ1) is 16.6. The first-order valence-electron chi connectivity index (χ1n) is 6.21. The fourth-order valence-electron chi connectivity index (χ4n) is 1.62. The molecule has 108 valence electrons. The Hall–Kier alpha value is -1.41. The van der Waals surface area contributed by atoms with Gasteiger partial charge in [-0.25, -0.2) is 4.39 Å². The van der Waals surface area contributed by atoms with Gasteiger partial charge in [0.1, 0.15) is 5.82 Å². The lowest BCUT2D eigenvalue weighted by atomic mass is 9.86. The average molecular weight is 341 g/mol. The molecule has 0 saturated heterocycles. The van der Waals surface area contributed by atoms with Gasteiger partial charge in [-0.1, -0.05) is 0 Å². The minimum Gasteiger partial charge on any atom is -0.347 e. The number of hydrogen-bond donors (Lipinski definition) is 1. The number of carbonyl (C=O) groups excluding carboxylic acids is 1. The van der Waals surface area contributed by atoms with Crippen molar-refractivity contribution in [2.24, 2.45) is 0 Å². The number of halogens is 2. The quantitative estimate of drug-likeness (QED) is 0.886. The van der Waals surface area contributed by atoms with Gasteiger partial charge in [-0.2, -0.15) is 5.26 Å². The van der Waals surface area contributed by atoms with Crippen LogP contribution >= 0.6 is 15.9 Å². The zero-order valence-electron chi connectivity index (χ0n) is 12.3. The van der Waals surface area contributed by atoms with Crippen LogP contribution in [0, 0.1) is 17.1 Å². The van der Waals surface area contributed by atoms with Crippen molar-refractivity contribution in [2.75, 3.05) is 0 Å². The molecule has 0 heterocycles. The Morgan fingerprint density at radius 1 is 1.30 bits per heavy atom. The summed E-state index contributed by atoms with van der Waals surface area (Å²) in [6.07, 6.45) is 0. The number of rotatable bonds is 2. The molecule has 0 bridgehead atoms. The molecular weight excluding hydrogens is 323 g/mol. The van der Waals surface area contributed by atoms with Crippen LogP contribution in [0.5, 0.6) is 0 Å². The molecular formula is C15H18BrFN2O. The Labute approximate surface area is 127 Å². The molecule has 1 amide bonds. The third kappa shape index (κ3) is 3.80. The van der Waals surface area contributed by atoms with Crippen LogP contribution in [0.3, 0.4) is 0 Å². The van der Waals surface area contributed by atoms with E-state index in [9.17, 15) is 9.18 Å². The second-order valence-corrected chi connectivity index (χ2v) is 7.11. The van der Waals surface area contributed by atoms with E-state index >= 15 is 0 Å². The first-order valence-corrected chi connectivity index (χ1v) is 7.00. The van der Waals surface area contributed by atoms with Crippen LogP contribution in [0.2, 0.25) is 0 Å². The van der Waals surface area contributed by atoms with E-state index in [1.165, 1.54) is 6.07 Å². The van der Waals surface area contributed by atoms with Gasteiger partial charge in [0, 0.05) is 10.0 Å². The van der Waals surface area contributed by atoms with Gasteiger partial charge < -0.3 is 5.32 Å². The summed E-state index contributed by atoms with van der Waals surface area (Å²) >= 11 is 3.22. The van der Waals surface area contributed by atoms with E-state index in [-0.39, 0.29) is 5.56 Å². The minimum absolute atomic E-state index is 0.0441. The second-order valence-electron chi connectivity index (χ2n) is 6.26. The van der Waals surface area contributed by atoms with Crippen LogP contribution in [0.1, 0.15) is 50.5 Å². The van der Waals surface area contributed by atoms with Crippen molar-refractivity contribution in [3.63, 3.8) is 0 Å². The Kier molecular flexibility index (Phi) is 4.60. The van der Waals surface area contributed by atoms with Crippen LogP contribution in [-0.2, 0) is 5.41 Å². The highest BCUT2D eigenvalue weighted by molar-refractivity contribution is 9.10. The summed E-state index contributed by atoms with van der Waals surface area (Å²) < 4.78 is 14.5. The van der Waals surface area contributed by atoms with Gasteiger partial charge in [-0.3, -0.25) is 4.79 Å². The highest BCUT2D eigenvalue weighted by Gasteiger charge is 2.26. The fourth-order valence-corrected chi connectivity index (χ4v) is 2.23. The largest absolute Gasteiger partial charge is 0.347 e. The maximum absolute atomic E-state index is 14.2. The summed E-state index contributed by atoms with van der Waals surface area (Å²) in [6.45, 7) is 8.86. The molecule has 1 rings (SSSR count). The summed E-state index contributed by atoms with van der Waals surface area (Å²) in [5, 5.41) is 11.8. The number of nitriles is 1. The summed E-state index contributed by atoms with van der Waals surface area (Å²) in [4.78, 5) is 12.1. The Morgan fingerprint density at radius 2 is 1.85 bits per heavy atom. The Morgan fingerprint density at radius 3 is 2.25 bits per heavy atom. The van der Waals surface area contributed by atoms with Crippen LogP contribution in [-0.4, -0.2) is 11.4 Å². The van der Waals surface area contributed by atoms with Crippen molar-refractivity contribution in [3.05, 3.63) is 33.5 Å². The first-order chi connectivity index (χ1) is 8.98. The zero-order valence-corrected chi connectivity index (χ0v) is 13.9. The molecule has 0 saturated carbocycles. The van der Waals surface area contributed by atoms with E-state index in [0.717, 1.165) is 0 Å². The van der Waals surface area contributed by atoms with Gasteiger partial charge in [-0.05, 0) is 68.2 Å². The lowest BCUT2D eigenvalue weighted by Crippen LogP contribution is -2.41. The SMILES string of the molecule is CC(C)(C)NC(=O)c1c(F)cc(C(C)(C)C#N)cc1Br. The summed E-state index contributed by atoms with van der Waals surface area (Å²) in [5.41, 5.74) is -0.787. The van der Waals surface area contributed by atoms with Crippen LogP contribution in [0.25, 0.3) is 0 Å². The Balaban J connectivity index is 3.27. The highest BCUT2D eigenvalue weighted by Crippen LogP contribution is 2.29. The number of benzene rings is 1. The van der Waals surface area contributed by atoms with Crippen molar-refractivity contribution in [2.45, 2.75) is 45.6 Å². The molecule has 5 heteroatoms. The second kappa shape index (κ2) is 5.53. The molecule has 0 atom stereocenters. The van der Waals surface area contributed by atoms with Crippen molar-refractivity contribution in [1.82, 2.24) is 5.32 Å². The topological polar surface area (TPSA) is 52.9 Å². The number of nitrogens with one attached hydrogen (secondary N) is 1. The van der Waals surface area contributed by atoms with Gasteiger partial charge >= 0.3 is 0 Å². The number of nitrogens with zero attached hydrogens (tertiary/aromatic N) is 1. The molecule has 20 heavy (non-hydrogen) atoms. The van der Waals surface area contributed by atoms with Crippen LogP contribution in [0.15, 0.2) is 16.6 Å². The van der Waals surface area contributed by atoms with Crippen molar-refractivity contribution >= 4 is 21.8 Å². The predicted molar refractivity (Wildman–Crippen MR) is 80.0 cm³/mol. The molecule has 0 fully saturated rings. The molecule has 3 nitrogen and oxygen atoms in total. The maximum Gasteiger partial charge on any atom is 0.255 e. The van der Waals surface area contributed by atoms with Crippen molar-refractivity contribution in [3.8, 4) is 6.07 Å². The van der Waals surface area contributed by atoms with Crippen LogP contribution in [0.4, 0.5) is 4.39 Å². The summed E-state index contributed by atoms with van der Waals surface area (Å²) in [7, 11) is 0. The standard InChI is InChI=1S/C15H18BrFN2O/c1-14(2,3)19-13(20)12-10(16)6-9(7-11(12)17)15(4,5)8-18/h6-7H,1-5H3,(H,19,20). The van der Waals surface area contributed by atoms with E-state index in [1.807, 2.05) is 20.8 Å². The molecule has 0 spiro atoms. The van der Waals surface area contributed by atoms with E-state index in [4.69, 9.17) is 5.26 Å². The average Bonchev–Trinajstić information content (AvgIpc) is 2.25. The molecule has 1 aromatic rings. The summed E-state index contributed by atoms with van der Waals surface area (Å²) in [6, 6.07) is 4.97. The van der Waals surface area contributed by atoms with Gasteiger partial charge in [0.2, 0.25) is 0 Å². The summed E-state index contributed by atoms with van der Waals surface area (Å²) in [5.74, 6) is -1.12. The minimum atomic E-state index is -0.817. The number of hydrogen-bond acceptors (Lipinski definition) is 2. The molecule has 0 radical (unpaired) electrons. The monoisotopic (exact) mass is 340 g/mol. The molecule has 0 aliphatic rings. The van der Waals surface area contributed by atoms with E-state index in [0.29, 0.717) is 10.0 Å². The lowest BCUT2D eigenvalue weighted by Gasteiger charge is -2.22. The van der Waals surface area contributed by atoms with Crippen molar-refractivity contribution in [1.29, 1.82) is 5.26 Å². The van der Waals surface area contributed by atoms with E-state index in [1.54, 1.807) is 19.9 Å². The van der Waals surface area contributed by atoms with Gasteiger partial charge in [0.05, 0.1) is 17.0 Å². The normalized spacial score (nSPS) is 11.9. The smallest absolute Gasteiger partial charge is 0.255 e. The molecule has 0 aliphatic carbocycles. The van der Waals surface area contributed by atoms with E-state index in [2.05, 4.69) is 27.3 Å². The number of carbonyl (C=O) groups is 1. The number of amides is 1. The third-order valence-electron chi connectivity index (χ3n) is 2.76. The highest BCUT2D eigenvalue weighted by atomic mass is 79.9. The molecule has 1 N–H and O–H groups in total.